The van der Waals surface area contributed by atoms with Crippen LogP contribution < -0.4 is 5.32 Å². The molecule has 0 bridgehead atoms. The van der Waals surface area contributed by atoms with Crippen LogP contribution >= 0.6 is 0 Å². The fraction of sp³-hybridized carbons (Fsp3) is 0.812. The zero-order valence-electron chi connectivity index (χ0n) is 14.4. The highest BCUT2D eigenvalue weighted by Crippen LogP contribution is 2.16. The van der Waals surface area contributed by atoms with Crippen molar-refractivity contribution in [3.8, 4) is 0 Å². The van der Waals surface area contributed by atoms with Gasteiger partial charge in [0, 0.05) is 6.54 Å². The van der Waals surface area contributed by atoms with E-state index in [1.165, 1.54) is 0 Å². The molecule has 1 aliphatic heterocycles. The van der Waals surface area contributed by atoms with E-state index in [1.54, 1.807) is 20.8 Å². The number of alkyl carbamates (subject to hydrolysis) is 1. The Morgan fingerprint density at radius 1 is 1.26 bits per heavy atom. The SMILES string of the molecule is CC1CCN(CC[C@H](NC(=O)OC(C)(C)C)C(=O)C(=O)O)CC1. The molecule has 1 aliphatic rings. The zero-order chi connectivity index (χ0) is 17.6. The minimum Gasteiger partial charge on any atom is -0.475 e. The van der Waals surface area contributed by atoms with Crippen molar-refractivity contribution in [2.45, 2.75) is 58.6 Å². The summed E-state index contributed by atoms with van der Waals surface area (Å²) in [5.41, 5.74) is -0.704. The van der Waals surface area contributed by atoms with E-state index in [2.05, 4.69) is 17.1 Å². The predicted molar refractivity (Wildman–Crippen MR) is 85.3 cm³/mol. The molecular weight excluding hydrogens is 300 g/mol. The number of amides is 1. The average molecular weight is 328 g/mol. The third-order valence-electron chi connectivity index (χ3n) is 3.83. The van der Waals surface area contributed by atoms with Gasteiger partial charge in [-0.3, -0.25) is 4.79 Å². The number of carboxylic acids is 1. The number of piperidine rings is 1. The molecule has 1 saturated heterocycles. The van der Waals surface area contributed by atoms with Crippen molar-refractivity contribution in [1.29, 1.82) is 0 Å². The number of hydrogen-bond donors (Lipinski definition) is 2. The normalized spacial score (nSPS) is 18.3. The monoisotopic (exact) mass is 328 g/mol. The first-order valence-corrected chi connectivity index (χ1v) is 8.07. The standard InChI is InChI=1S/C16H28N2O5/c1-11-5-8-18(9-6-11)10-7-12(13(19)14(20)21)17-15(22)23-16(2,3)4/h11-12H,5-10H2,1-4H3,(H,17,22)(H,20,21)/t12-/m0/s1. The molecule has 0 spiro atoms. The number of ketones is 1. The first kappa shape index (κ1) is 19.4. The molecule has 1 rings (SSSR count). The Hall–Kier alpha value is -1.63. The molecule has 1 amide bonds. The highest BCUT2D eigenvalue weighted by Gasteiger charge is 2.29. The van der Waals surface area contributed by atoms with E-state index in [4.69, 9.17) is 9.84 Å². The van der Waals surface area contributed by atoms with Crippen molar-refractivity contribution < 1.29 is 24.2 Å². The van der Waals surface area contributed by atoms with Crippen molar-refractivity contribution in [2.75, 3.05) is 19.6 Å². The quantitative estimate of drug-likeness (QED) is 0.720. The lowest BCUT2D eigenvalue weighted by Gasteiger charge is -2.31. The summed E-state index contributed by atoms with van der Waals surface area (Å²) in [7, 11) is 0. The summed E-state index contributed by atoms with van der Waals surface area (Å²) in [6.45, 7) is 9.76. The van der Waals surface area contributed by atoms with Crippen LogP contribution in [0.3, 0.4) is 0 Å². The number of carbonyl (C=O) groups excluding carboxylic acids is 2. The van der Waals surface area contributed by atoms with Crippen molar-refractivity contribution >= 4 is 17.8 Å². The third kappa shape index (κ3) is 7.45. The molecule has 0 saturated carbocycles. The number of nitrogens with zero attached hydrogens (tertiary/aromatic N) is 1. The lowest BCUT2D eigenvalue weighted by Crippen LogP contribution is -2.47. The van der Waals surface area contributed by atoms with Crippen LogP contribution in [0, 0.1) is 5.92 Å². The Kier molecular flexibility index (Phi) is 7.00. The van der Waals surface area contributed by atoms with Gasteiger partial charge in [0.05, 0.1) is 0 Å². The second-order valence-electron chi connectivity index (χ2n) is 7.18. The Balaban J connectivity index is 2.57. The minimum absolute atomic E-state index is 0.263. The number of aliphatic carboxylic acids is 1. The number of carboxylic acid groups (broad SMARTS) is 1. The molecular formula is C16H28N2O5. The molecule has 1 heterocycles. The molecule has 0 aliphatic carbocycles. The molecule has 1 fully saturated rings. The van der Waals surface area contributed by atoms with Crippen LogP contribution in [0.15, 0.2) is 0 Å². The van der Waals surface area contributed by atoms with Gasteiger partial charge in [0.25, 0.3) is 5.78 Å². The fourth-order valence-corrected chi connectivity index (χ4v) is 2.47. The van der Waals surface area contributed by atoms with E-state index in [0.29, 0.717) is 12.5 Å². The van der Waals surface area contributed by atoms with Crippen LogP contribution in [0.4, 0.5) is 4.79 Å². The summed E-state index contributed by atoms with van der Waals surface area (Å²) in [4.78, 5) is 36.7. The molecule has 2 N–H and O–H groups in total. The number of rotatable bonds is 6. The smallest absolute Gasteiger partial charge is 0.408 e. The van der Waals surface area contributed by atoms with Crippen molar-refractivity contribution in [3.63, 3.8) is 0 Å². The summed E-state index contributed by atoms with van der Waals surface area (Å²) < 4.78 is 5.10. The van der Waals surface area contributed by atoms with E-state index in [1.807, 2.05) is 0 Å². The summed E-state index contributed by atoms with van der Waals surface area (Å²) >= 11 is 0. The van der Waals surface area contributed by atoms with E-state index < -0.39 is 29.5 Å². The molecule has 0 unspecified atom stereocenters. The molecule has 7 nitrogen and oxygen atoms in total. The second kappa shape index (κ2) is 8.29. The lowest BCUT2D eigenvalue weighted by atomic mass is 9.98. The van der Waals surface area contributed by atoms with E-state index in [9.17, 15) is 14.4 Å². The predicted octanol–water partition coefficient (Wildman–Crippen LogP) is 1.66. The van der Waals surface area contributed by atoms with Crippen LogP contribution in [0.1, 0.15) is 47.0 Å². The molecule has 7 heteroatoms. The van der Waals surface area contributed by atoms with E-state index in [-0.39, 0.29) is 6.42 Å². The van der Waals surface area contributed by atoms with Crippen LogP contribution in [-0.2, 0) is 14.3 Å². The van der Waals surface area contributed by atoms with E-state index in [0.717, 1.165) is 25.9 Å². The van der Waals surface area contributed by atoms with Gasteiger partial charge >= 0.3 is 12.1 Å². The highest BCUT2D eigenvalue weighted by atomic mass is 16.6. The molecule has 0 aromatic rings. The third-order valence-corrected chi connectivity index (χ3v) is 3.83. The first-order chi connectivity index (χ1) is 10.6. The van der Waals surface area contributed by atoms with Gasteiger partial charge in [-0.2, -0.15) is 0 Å². The maximum absolute atomic E-state index is 11.8. The molecule has 132 valence electrons. The summed E-state index contributed by atoms with van der Waals surface area (Å²) in [5.74, 6) is -1.86. The Bertz CT molecular complexity index is 436. The molecule has 1 atom stereocenters. The van der Waals surface area contributed by atoms with Crippen LogP contribution in [0.5, 0.6) is 0 Å². The molecule has 0 aromatic heterocycles. The van der Waals surface area contributed by atoms with Gasteiger partial charge in [-0.25, -0.2) is 9.59 Å². The maximum Gasteiger partial charge on any atom is 0.408 e. The van der Waals surface area contributed by atoms with Gasteiger partial charge in [0.15, 0.2) is 0 Å². The van der Waals surface area contributed by atoms with E-state index >= 15 is 0 Å². The zero-order valence-corrected chi connectivity index (χ0v) is 14.4. The first-order valence-electron chi connectivity index (χ1n) is 8.07. The van der Waals surface area contributed by atoms with Gasteiger partial charge in [-0.05, 0) is 59.0 Å². The summed E-state index contributed by atoms with van der Waals surface area (Å²) in [6.07, 6.45) is 1.68. The number of ether oxygens (including phenoxy) is 1. The minimum atomic E-state index is -1.54. The number of hydrogen-bond acceptors (Lipinski definition) is 5. The maximum atomic E-state index is 11.8. The van der Waals surface area contributed by atoms with Crippen LogP contribution in [0.25, 0.3) is 0 Å². The number of Topliss-reactive ketones (excluding diaryl/α,β-unsaturated/α-hetero) is 1. The fourth-order valence-electron chi connectivity index (χ4n) is 2.47. The summed E-state index contributed by atoms with van der Waals surface area (Å²) in [6, 6.07) is -1.07. The number of nitrogens with one attached hydrogen (secondary N) is 1. The van der Waals surface area contributed by atoms with Gasteiger partial charge in [-0.15, -0.1) is 0 Å². The van der Waals surface area contributed by atoms with Gasteiger partial charge in [0.2, 0.25) is 0 Å². The van der Waals surface area contributed by atoms with Crippen molar-refractivity contribution in [3.05, 3.63) is 0 Å². The number of carbonyl (C=O) groups is 3. The van der Waals surface area contributed by atoms with Gasteiger partial charge < -0.3 is 20.1 Å². The average Bonchev–Trinajstić information content (AvgIpc) is 2.42. The topological polar surface area (TPSA) is 95.9 Å². The highest BCUT2D eigenvalue weighted by molar-refractivity contribution is 6.35. The largest absolute Gasteiger partial charge is 0.475 e. The molecule has 0 aromatic carbocycles. The Morgan fingerprint density at radius 3 is 2.30 bits per heavy atom. The van der Waals surface area contributed by atoms with Crippen molar-refractivity contribution in [1.82, 2.24) is 10.2 Å². The second-order valence-corrected chi connectivity index (χ2v) is 7.18. The lowest BCUT2D eigenvalue weighted by molar-refractivity contribution is -0.150. The summed E-state index contributed by atoms with van der Waals surface area (Å²) in [5, 5.41) is 11.3. The van der Waals surface area contributed by atoms with Crippen LogP contribution in [-0.4, -0.2) is 59.1 Å². The van der Waals surface area contributed by atoms with Crippen molar-refractivity contribution in [2.24, 2.45) is 5.92 Å². The Morgan fingerprint density at radius 2 is 1.83 bits per heavy atom. The Labute approximate surface area is 137 Å². The van der Waals surface area contributed by atoms with Crippen LogP contribution in [0.2, 0.25) is 0 Å². The number of likely N-dealkylation sites (tertiary alicyclic amines) is 1. The van der Waals surface area contributed by atoms with Gasteiger partial charge in [-0.1, -0.05) is 6.92 Å². The van der Waals surface area contributed by atoms with Gasteiger partial charge in [0.1, 0.15) is 11.6 Å². The molecule has 0 radical (unpaired) electrons. The molecule has 23 heavy (non-hydrogen) atoms.